The molecule has 0 aliphatic carbocycles. The molecule has 0 radical (unpaired) electrons. The van der Waals surface area contributed by atoms with Gasteiger partial charge in [-0.2, -0.15) is 0 Å². The van der Waals surface area contributed by atoms with Crippen LogP contribution in [0.25, 0.3) is 10.9 Å². The van der Waals surface area contributed by atoms with Crippen molar-refractivity contribution >= 4 is 16.9 Å². The Morgan fingerprint density at radius 2 is 1.81 bits per heavy atom. The standard InChI is InChI=1S/C20H20N2O4/c1-2-13-25-14-7-9-15(10-8-14)26-19(23)12-11-18-21-17-6-4-3-5-16(17)20(24)22-18/h3-10H,2,11-13H2,1H3,(H,21,22,24). The molecule has 0 aliphatic rings. The molecule has 26 heavy (non-hydrogen) atoms. The van der Waals surface area contributed by atoms with Crippen LogP contribution in [-0.2, 0) is 11.2 Å². The number of aromatic amines is 1. The van der Waals surface area contributed by atoms with Gasteiger partial charge in [-0.05, 0) is 42.8 Å². The normalized spacial score (nSPS) is 10.7. The van der Waals surface area contributed by atoms with Crippen LogP contribution in [0.3, 0.4) is 0 Å². The third-order valence-corrected chi connectivity index (χ3v) is 3.76. The molecule has 0 amide bonds. The molecule has 6 nitrogen and oxygen atoms in total. The summed E-state index contributed by atoms with van der Waals surface area (Å²) in [6, 6.07) is 14.0. The number of fused-ring (bicyclic) bond motifs is 1. The summed E-state index contributed by atoms with van der Waals surface area (Å²) in [7, 11) is 0. The molecule has 134 valence electrons. The highest BCUT2D eigenvalue weighted by Crippen LogP contribution is 2.18. The van der Waals surface area contributed by atoms with Gasteiger partial charge in [-0.15, -0.1) is 0 Å². The Morgan fingerprint density at radius 1 is 1.08 bits per heavy atom. The van der Waals surface area contributed by atoms with Crippen LogP contribution < -0.4 is 15.0 Å². The maximum atomic E-state index is 12.0. The predicted octanol–water partition coefficient (Wildman–Crippen LogP) is 3.25. The average molecular weight is 352 g/mol. The van der Waals surface area contributed by atoms with E-state index in [-0.39, 0.29) is 17.9 Å². The Morgan fingerprint density at radius 3 is 2.58 bits per heavy atom. The van der Waals surface area contributed by atoms with Gasteiger partial charge < -0.3 is 14.5 Å². The summed E-state index contributed by atoms with van der Waals surface area (Å²) in [4.78, 5) is 31.1. The number of esters is 1. The zero-order valence-electron chi connectivity index (χ0n) is 14.5. The fourth-order valence-corrected chi connectivity index (χ4v) is 2.48. The van der Waals surface area contributed by atoms with Gasteiger partial charge in [-0.1, -0.05) is 19.1 Å². The molecule has 6 heteroatoms. The Kier molecular flexibility index (Phi) is 5.63. The lowest BCUT2D eigenvalue weighted by molar-refractivity contribution is -0.134. The van der Waals surface area contributed by atoms with E-state index in [4.69, 9.17) is 9.47 Å². The van der Waals surface area contributed by atoms with Gasteiger partial charge >= 0.3 is 5.97 Å². The lowest BCUT2D eigenvalue weighted by Crippen LogP contribution is -2.15. The average Bonchev–Trinajstić information content (AvgIpc) is 2.66. The highest BCUT2D eigenvalue weighted by molar-refractivity contribution is 5.77. The van der Waals surface area contributed by atoms with Crippen LogP contribution in [0.5, 0.6) is 11.5 Å². The monoisotopic (exact) mass is 352 g/mol. The van der Waals surface area contributed by atoms with E-state index in [2.05, 4.69) is 9.97 Å². The molecule has 1 aromatic heterocycles. The van der Waals surface area contributed by atoms with Crippen LogP contribution in [-0.4, -0.2) is 22.5 Å². The minimum atomic E-state index is -0.386. The summed E-state index contributed by atoms with van der Waals surface area (Å²) in [5.74, 6) is 1.28. The van der Waals surface area contributed by atoms with E-state index < -0.39 is 0 Å². The maximum Gasteiger partial charge on any atom is 0.311 e. The molecule has 0 fully saturated rings. The van der Waals surface area contributed by atoms with E-state index >= 15 is 0 Å². The van der Waals surface area contributed by atoms with Gasteiger partial charge in [0.15, 0.2) is 0 Å². The maximum absolute atomic E-state index is 12.0. The van der Waals surface area contributed by atoms with E-state index in [0.29, 0.717) is 35.5 Å². The molecular weight excluding hydrogens is 332 g/mol. The molecule has 2 aromatic carbocycles. The topological polar surface area (TPSA) is 81.3 Å². The minimum absolute atomic E-state index is 0.120. The Bertz CT molecular complexity index is 948. The summed E-state index contributed by atoms with van der Waals surface area (Å²) in [6.07, 6.45) is 1.35. The molecule has 0 spiro atoms. The first-order valence-electron chi connectivity index (χ1n) is 8.57. The first-order valence-corrected chi connectivity index (χ1v) is 8.57. The quantitative estimate of drug-likeness (QED) is 0.521. The van der Waals surface area contributed by atoms with E-state index in [1.165, 1.54) is 0 Å². The van der Waals surface area contributed by atoms with Crippen molar-refractivity contribution in [2.24, 2.45) is 0 Å². The van der Waals surface area contributed by atoms with Crippen molar-refractivity contribution in [3.05, 3.63) is 64.7 Å². The Balaban J connectivity index is 1.58. The highest BCUT2D eigenvalue weighted by Gasteiger charge is 2.09. The van der Waals surface area contributed by atoms with Crippen LogP contribution in [0.4, 0.5) is 0 Å². The van der Waals surface area contributed by atoms with Crippen LogP contribution >= 0.6 is 0 Å². The Hall–Kier alpha value is -3.15. The molecule has 0 unspecified atom stereocenters. The zero-order chi connectivity index (χ0) is 18.4. The zero-order valence-corrected chi connectivity index (χ0v) is 14.5. The van der Waals surface area contributed by atoms with Crippen LogP contribution in [0.15, 0.2) is 53.3 Å². The first-order chi connectivity index (χ1) is 12.7. The predicted molar refractivity (Wildman–Crippen MR) is 98.5 cm³/mol. The SMILES string of the molecule is CCCOc1ccc(OC(=O)CCc2nc3ccccc3c(=O)[nH]2)cc1. The van der Waals surface area contributed by atoms with Crippen molar-refractivity contribution in [2.45, 2.75) is 26.2 Å². The second-order valence-electron chi connectivity index (χ2n) is 5.82. The van der Waals surface area contributed by atoms with Gasteiger partial charge in [-0.3, -0.25) is 9.59 Å². The number of hydrogen-bond acceptors (Lipinski definition) is 5. The van der Waals surface area contributed by atoms with Gasteiger partial charge in [0.25, 0.3) is 5.56 Å². The number of H-pyrrole nitrogens is 1. The Labute approximate surface area is 150 Å². The molecule has 0 bridgehead atoms. The fourth-order valence-electron chi connectivity index (χ4n) is 2.48. The van der Waals surface area contributed by atoms with Crippen molar-refractivity contribution in [1.82, 2.24) is 9.97 Å². The minimum Gasteiger partial charge on any atom is -0.494 e. The van der Waals surface area contributed by atoms with Crippen LogP contribution in [0, 0.1) is 0 Å². The van der Waals surface area contributed by atoms with Crippen molar-refractivity contribution in [1.29, 1.82) is 0 Å². The highest BCUT2D eigenvalue weighted by atomic mass is 16.5. The number of nitrogens with zero attached hydrogens (tertiary/aromatic N) is 1. The third-order valence-electron chi connectivity index (χ3n) is 3.76. The smallest absolute Gasteiger partial charge is 0.311 e. The molecule has 0 aliphatic heterocycles. The number of para-hydroxylation sites is 1. The number of aromatic nitrogens is 2. The number of aryl methyl sites for hydroxylation is 1. The first kappa shape index (κ1) is 17.7. The number of carbonyl (C=O) groups is 1. The molecular formula is C20H20N2O4. The number of benzene rings is 2. The van der Waals surface area contributed by atoms with Gasteiger partial charge in [0.2, 0.25) is 0 Å². The van der Waals surface area contributed by atoms with E-state index in [9.17, 15) is 9.59 Å². The number of carbonyl (C=O) groups excluding carboxylic acids is 1. The van der Waals surface area contributed by atoms with Gasteiger partial charge in [0.05, 0.1) is 23.9 Å². The summed E-state index contributed by atoms with van der Waals surface area (Å²) < 4.78 is 10.8. The lowest BCUT2D eigenvalue weighted by atomic mass is 10.2. The number of rotatable bonds is 7. The second-order valence-corrected chi connectivity index (χ2v) is 5.82. The van der Waals surface area contributed by atoms with E-state index in [1.807, 2.05) is 13.0 Å². The number of ether oxygens (including phenoxy) is 2. The molecule has 0 saturated carbocycles. The van der Waals surface area contributed by atoms with Gasteiger partial charge in [-0.25, -0.2) is 4.98 Å². The molecule has 3 aromatic rings. The van der Waals surface area contributed by atoms with Crippen molar-refractivity contribution < 1.29 is 14.3 Å². The second kappa shape index (κ2) is 8.29. The largest absolute Gasteiger partial charge is 0.494 e. The summed E-state index contributed by atoms with van der Waals surface area (Å²) >= 11 is 0. The van der Waals surface area contributed by atoms with Gasteiger partial charge in [0, 0.05) is 6.42 Å². The van der Waals surface area contributed by atoms with Crippen LogP contribution in [0.1, 0.15) is 25.6 Å². The molecule has 1 N–H and O–H groups in total. The molecule has 3 rings (SSSR count). The summed E-state index contributed by atoms with van der Waals surface area (Å²) in [6.45, 7) is 2.68. The van der Waals surface area contributed by atoms with Gasteiger partial charge in [0.1, 0.15) is 17.3 Å². The number of nitrogens with one attached hydrogen (secondary N) is 1. The molecule has 0 atom stereocenters. The third kappa shape index (κ3) is 4.47. The summed E-state index contributed by atoms with van der Waals surface area (Å²) in [5, 5.41) is 0.532. The van der Waals surface area contributed by atoms with Crippen molar-refractivity contribution in [2.75, 3.05) is 6.61 Å². The lowest BCUT2D eigenvalue weighted by Gasteiger charge is -2.07. The van der Waals surface area contributed by atoms with Crippen molar-refractivity contribution in [3.63, 3.8) is 0 Å². The fraction of sp³-hybridized carbons (Fsp3) is 0.250. The molecule has 0 saturated heterocycles. The van der Waals surface area contributed by atoms with Crippen LogP contribution in [0.2, 0.25) is 0 Å². The summed E-state index contributed by atoms with van der Waals surface area (Å²) in [5.41, 5.74) is 0.406. The van der Waals surface area contributed by atoms with E-state index in [1.54, 1.807) is 42.5 Å². The van der Waals surface area contributed by atoms with Crippen molar-refractivity contribution in [3.8, 4) is 11.5 Å². The molecule has 1 heterocycles. The number of hydrogen-bond donors (Lipinski definition) is 1. The van der Waals surface area contributed by atoms with E-state index in [0.717, 1.165) is 12.2 Å².